The highest BCUT2D eigenvalue weighted by molar-refractivity contribution is 7.07. The highest BCUT2D eigenvalue weighted by Gasteiger charge is 2.22. The number of nitrogens with two attached hydrogens (primary N) is 1. The van der Waals surface area contributed by atoms with Gasteiger partial charge in [-0.1, -0.05) is 49.4 Å². The van der Waals surface area contributed by atoms with E-state index in [-0.39, 0.29) is 17.9 Å². The Morgan fingerprint density at radius 1 is 1.18 bits per heavy atom. The summed E-state index contributed by atoms with van der Waals surface area (Å²) in [4.78, 5) is 19.2. The molecule has 0 aliphatic heterocycles. The first kappa shape index (κ1) is 20.2. The standard InChI is InChI=1S/C22H26N4OS/c1-16(21(23)18-8-4-3-5-9-18)22(27)25-19-10-6-7-17(11-19)12-26(2)13-20-14-28-15-24-20/h3-11,14-16,21H,12-13,23H2,1-2H3,(H,25,27). The van der Waals surface area contributed by atoms with Gasteiger partial charge in [-0.15, -0.1) is 11.3 Å². The summed E-state index contributed by atoms with van der Waals surface area (Å²) in [5.41, 5.74) is 12.1. The van der Waals surface area contributed by atoms with E-state index in [2.05, 4.69) is 33.7 Å². The van der Waals surface area contributed by atoms with Crippen molar-refractivity contribution in [2.24, 2.45) is 11.7 Å². The monoisotopic (exact) mass is 394 g/mol. The normalized spacial score (nSPS) is 13.3. The summed E-state index contributed by atoms with van der Waals surface area (Å²) >= 11 is 1.60. The van der Waals surface area contributed by atoms with Gasteiger partial charge in [-0.05, 0) is 30.3 Å². The summed E-state index contributed by atoms with van der Waals surface area (Å²) in [6.45, 7) is 3.43. The summed E-state index contributed by atoms with van der Waals surface area (Å²) in [6, 6.07) is 17.3. The molecular formula is C22H26N4OS. The Hall–Kier alpha value is -2.54. The Morgan fingerprint density at radius 2 is 1.96 bits per heavy atom. The third-order valence-electron chi connectivity index (χ3n) is 4.70. The molecule has 0 saturated heterocycles. The van der Waals surface area contributed by atoms with Crippen LogP contribution in [0, 0.1) is 5.92 Å². The molecule has 0 spiro atoms. The quantitative estimate of drug-likeness (QED) is 0.605. The Bertz CT molecular complexity index is 883. The van der Waals surface area contributed by atoms with E-state index in [1.165, 1.54) is 0 Å². The van der Waals surface area contributed by atoms with E-state index in [4.69, 9.17) is 5.73 Å². The average Bonchev–Trinajstić information content (AvgIpc) is 3.20. The number of benzene rings is 2. The molecule has 3 aromatic rings. The van der Waals surface area contributed by atoms with Crippen molar-refractivity contribution in [1.29, 1.82) is 0 Å². The number of nitrogens with zero attached hydrogens (tertiary/aromatic N) is 2. The third-order valence-corrected chi connectivity index (χ3v) is 5.33. The zero-order valence-electron chi connectivity index (χ0n) is 16.2. The number of rotatable bonds is 8. The van der Waals surface area contributed by atoms with Crippen molar-refractivity contribution in [3.8, 4) is 0 Å². The van der Waals surface area contributed by atoms with Crippen molar-refractivity contribution in [3.63, 3.8) is 0 Å². The van der Waals surface area contributed by atoms with Gasteiger partial charge in [0.25, 0.3) is 0 Å². The van der Waals surface area contributed by atoms with Crippen LogP contribution in [-0.2, 0) is 17.9 Å². The largest absolute Gasteiger partial charge is 0.326 e. The number of nitrogens with one attached hydrogen (secondary N) is 1. The van der Waals surface area contributed by atoms with Gasteiger partial charge in [-0.3, -0.25) is 9.69 Å². The molecule has 28 heavy (non-hydrogen) atoms. The zero-order chi connectivity index (χ0) is 19.9. The molecule has 0 fully saturated rings. The first-order valence-electron chi connectivity index (χ1n) is 9.29. The van der Waals surface area contributed by atoms with Gasteiger partial charge in [0, 0.05) is 30.2 Å². The average molecular weight is 395 g/mol. The molecule has 2 aromatic carbocycles. The first-order chi connectivity index (χ1) is 13.5. The van der Waals surface area contributed by atoms with Crippen LogP contribution < -0.4 is 11.1 Å². The molecule has 0 aliphatic carbocycles. The summed E-state index contributed by atoms with van der Waals surface area (Å²) < 4.78 is 0. The highest BCUT2D eigenvalue weighted by atomic mass is 32.1. The number of thiazole rings is 1. The summed E-state index contributed by atoms with van der Waals surface area (Å²) in [7, 11) is 2.06. The van der Waals surface area contributed by atoms with E-state index in [9.17, 15) is 4.79 Å². The number of carbonyl (C=O) groups is 1. The maximum atomic E-state index is 12.7. The predicted molar refractivity (Wildman–Crippen MR) is 115 cm³/mol. The molecule has 1 aromatic heterocycles. The molecule has 2 atom stereocenters. The summed E-state index contributed by atoms with van der Waals surface area (Å²) in [5, 5.41) is 5.06. The molecule has 6 heteroatoms. The van der Waals surface area contributed by atoms with Crippen LogP contribution >= 0.6 is 11.3 Å². The van der Waals surface area contributed by atoms with Crippen molar-refractivity contribution in [2.75, 3.05) is 12.4 Å². The molecule has 146 valence electrons. The lowest BCUT2D eigenvalue weighted by Gasteiger charge is -2.20. The van der Waals surface area contributed by atoms with E-state index < -0.39 is 0 Å². The Kier molecular flexibility index (Phi) is 6.92. The van der Waals surface area contributed by atoms with Gasteiger partial charge in [0.05, 0.1) is 17.1 Å². The number of aromatic nitrogens is 1. The lowest BCUT2D eigenvalue weighted by atomic mass is 9.94. The fraction of sp³-hybridized carbons (Fsp3) is 0.273. The smallest absolute Gasteiger partial charge is 0.229 e. The van der Waals surface area contributed by atoms with Crippen molar-refractivity contribution in [2.45, 2.75) is 26.1 Å². The molecular weight excluding hydrogens is 368 g/mol. The van der Waals surface area contributed by atoms with Crippen molar-refractivity contribution in [1.82, 2.24) is 9.88 Å². The van der Waals surface area contributed by atoms with Crippen molar-refractivity contribution < 1.29 is 4.79 Å². The Morgan fingerprint density at radius 3 is 2.68 bits per heavy atom. The SMILES string of the molecule is CC(C(=O)Nc1cccc(CN(C)Cc2cscn2)c1)C(N)c1ccccc1. The zero-order valence-corrected chi connectivity index (χ0v) is 17.0. The van der Waals surface area contributed by atoms with Crippen LogP contribution in [0.1, 0.15) is 29.8 Å². The maximum absolute atomic E-state index is 12.7. The van der Waals surface area contributed by atoms with Crippen LogP contribution in [-0.4, -0.2) is 22.8 Å². The third kappa shape index (κ3) is 5.48. The van der Waals surface area contributed by atoms with Crippen LogP contribution in [0.15, 0.2) is 65.5 Å². The minimum absolute atomic E-state index is 0.0793. The first-order valence-corrected chi connectivity index (χ1v) is 10.2. The minimum atomic E-state index is -0.339. The van der Waals surface area contributed by atoms with Crippen LogP contribution in [0.2, 0.25) is 0 Å². The highest BCUT2D eigenvalue weighted by Crippen LogP contribution is 2.21. The van der Waals surface area contributed by atoms with Gasteiger partial charge in [0.15, 0.2) is 0 Å². The number of carbonyl (C=O) groups excluding carboxylic acids is 1. The molecule has 5 nitrogen and oxygen atoms in total. The molecule has 0 saturated carbocycles. The molecule has 3 N–H and O–H groups in total. The van der Waals surface area contributed by atoms with Gasteiger partial charge in [0.1, 0.15) is 0 Å². The van der Waals surface area contributed by atoms with Gasteiger partial charge < -0.3 is 11.1 Å². The topological polar surface area (TPSA) is 71.2 Å². The van der Waals surface area contributed by atoms with E-state index in [0.717, 1.165) is 35.6 Å². The molecule has 0 bridgehead atoms. The Balaban J connectivity index is 1.59. The fourth-order valence-corrected chi connectivity index (χ4v) is 3.64. The molecule has 2 unspecified atom stereocenters. The molecule has 1 amide bonds. The second-order valence-electron chi connectivity index (χ2n) is 7.07. The molecule has 3 rings (SSSR count). The molecule has 0 aliphatic rings. The lowest BCUT2D eigenvalue weighted by molar-refractivity contribution is -0.120. The van der Waals surface area contributed by atoms with Crippen LogP contribution in [0.3, 0.4) is 0 Å². The second kappa shape index (κ2) is 9.59. The number of amides is 1. The second-order valence-corrected chi connectivity index (χ2v) is 7.79. The van der Waals surface area contributed by atoms with Gasteiger partial charge >= 0.3 is 0 Å². The lowest BCUT2D eigenvalue weighted by Crippen LogP contribution is -2.30. The van der Waals surface area contributed by atoms with Gasteiger partial charge in [0.2, 0.25) is 5.91 Å². The summed E-state index contributed by atoms with van der Waals surface area (Å²) in [6.07, 6.45) is 0. The van der Waals surface area contributed by atoms with Crippen molar-refractivity contribution >= 4 is 22.9 Å². The van der Waals surface area contributed by atoms with E-state index in [1.54, 1.807) is 11.3 Å². The number of anilines is 1. The number of hydrogen-bond acceptors (Lipinski definition) is 5. The van der Waals surface area contributed by atoms with Crippen LogP contribution in [0.25, 0.3) is 0 Å². The van der Waals surface area contributed by atoms with Gasteiger partial charge in [-0.2, -0.15) is 0 Å². The minimum Gasteiger partial charge on any atom is -0.326 e. The van der Waals surface area contributed by atoms with Gasteiger partial charge in [-0.25, -0.2) is 4.98 Å². The number of hydrogen-bond donors (Lipinski definition) is 2. The molecule has 0 radical (unpaired) electrons. The fourth-order valence-electron chi connectivity index (χ4n) is 3.09. The van der Waals surface area contributed by atoms with E-state index in [1.807, 2.05) is 61.0 Å². The summed E-state index contributed by atoms with van der Waals surface area (Å²) in [5.74, 6) is -0.414. The predicted octanol–water partition coefficient (Wildman–Crippen LogP) is 4.05. The van der Waals surface area contributed by atoms with Crippen LogP contribution in [0.4, 0.5) is 5.69 Å². The van der Waals surface area contributed by atoms with Crippen molar-refractivity contribution in [3.05, 3.63) is 82.3 Å². The molecule has 1 heterocycles. The van der Waals surface area contributed by atoms with E-state index in [0.29, 0.717) is 0 Å². The van der Waals surface area contributed by atoms with Crippen LogP contribution in [0.5, 0.6) is 0 Å². The Labute approximate surface area is 170 Å². The van der Waals surface area contributed by atoms with E-state index >= 15 is 0 Å². The maximum Gasteiger partial charge on any atom is 0.229 e.